The minimum Gasteiger partial charge on any atom is -0.490 e. The molecule has 28 heavy (non-hydrogen) atoms. The summed E-state index contributed by atoms with van der Waals surface area (Å²) in [5, 5.41) is 11.5. The highest BCUT2D eigenvalue weighted by atomic mass is 16.5. The Bertz CT molecular complexity index is 959. The number of benzene rings is 2. The van der Waals surface area contributed by atoms with Crippen molar-refractivity contribution in [3.05, 3.63) is 65.5 Å². The van der Waals surface area contributed by atoms with E-state index in [2.05, 4.69) is 28.5 Å². The third-order valence-corrected chi connectivity index (χ3v) is 5.01. The molecule has 2 aromatic carbocycles. The lowest BCUT2D eigenvalue weighted by Gasteiger charge is -2.32. The second kappa shape index (κ2) is 7.80. The van der Waals surface area contributed by atoms with Crippen LogP contribution in [0.4, 0.5) is 0 Å². The van der Waals surface area contributed by atoms with Gasteiger partial charge >= 0.3 is 0 Å². The first-order chi connectivity index (χ1) is 13.6. The van der Waals surface area contributed by atoms with Crippen LogP contribution in [-0.2, 0) is 0 Å². The summed E-state index contributed by atoms with van der Waals surface area (Å²) in [4.78, 5) is 14.7. The van der Waals surface area contributed by atoms with E-state index in [9.17, 15) is 4.79 Å². The summed E-state index contributed by atoms with van der Waals surface area (Å²) in [5.41, 5.74) is 2.70. The number of rotatable bonds is 4. The van der Waals surface area contributed by atoms with E-state index in [0.29, 0.717) is 24.5 Å². The van der Waals surface area contributed by atoms with E-state index < -0.39 is 0 Å². The van der Waals surface area contributed by atoms with E-state index in [4.69, 9.17) is 4.74 Å². The van der Waals surface area contributed by atoms with Gasteiger partial charge in [-0.25, -0.2) is 0 Å². The van der Waals surface area contributed by atoms with E-state index in [1.54, 1.807) is 4.68 Å². The zero-order valence-corrected chi connectivity index (χ0v) is 16.1. The molecular weight excluding hydrogens is 354 g/mol. The Morgan fingerprint density at radius 2 is 1.82 bits per heavy atom. The fourth-order valence-corrected chi connectivity index (χ4v) is 3.46. The molecule has 144 valence electrons. The average Bonchev–Trinajstić information content (AvgIpc) is 3.14. The molecule has 0 bridgehead atoms. The van der Waals surface area contributed by atoms with E-state index in [-0.39, 0.29) is 12.0 Å². The van der Waals surface area contributed by atoms with Crippen molar-refractivity contribution in [3.63, 3.8) is 0 Å². The quantitative estimate of drug-likeness (QED) is 0.699. The lowest BCUT2D eigenvalue weighted by atomic mass is 10.1. The van der Waals surface area contributed by atoms with Crippen LogP contribution in [0.2, 0.25) is 0 Å². The first-order valence-corrected chi connectivity index (χ1v) is 9.48. The van der Waals surface area contributed by atoms with Crippen LogP contribution in [0.15, 0.2) is 48.5 Å². The van der Waals surface area contributed by atoms with Crippen LogP contribution in [0.3, 0.4) is 0 Å². The van der Waals surface area contributed by atoms with E-state index in [0.717, 1.165) is 24.3 Å². The first-order valence-electron chi connectivity index (χ1n) is 9.48. The Balaban J connectivity index is 1.35. The normalized spacial score (nSPS) is 14.9. The topological polar surface area (TPSA) is 73.1 Å². The number of likely N-dealkylation sites (tertiary alicyclic amines) is 1. The van der Waals surface area contributed by atoms with Crippen LogP contribution in [0, 0.1) is 13.8 Å². The van der Waals surface area contributed by atoms with E-state index in [1.807, 2.05) is 54.3 Å². The summed E-state index contributed by atoms with van der Waals surface area (Å²) >= 11 is 0. The van der Waals surface area contributed by atoms with Gasteiger partial charge in [-0.05, 0) is 66.2 Å². The maximum Gasteiger partial charge on any atom is 0.253 e. The van der Waals surface area contributed by atoms with Crippen molar-refractivity contribution in [1.82, 2.24) is 25.1 Å². The fourth-order valence-electron chi connectivity index (χ4n) is 3.46. The number of carbonyl (C=O) groups excluding carboxylic acids is 1. The molecular formula is C21H23N5O2. The Morgan fingerprint density at radius 3 is 2.46 bits per heavy atom. The molecule has 2 heterocycles. The van der Waals surface area contributed by atoms with Gasteiger partial charge in [-0.15, -0.1) is 5.10 Å². The summed E-state index contributed by atoms with van der Waals surface area (Å²) < 4.78 is 7.72. The molecule has 7 nitrogen and oxygen atoms in total. The van der Waals surface area contributed by atoms with Gasteiger partial charge in [0, 0.05) is 31.5 Å². The van der Waals surface area contributed by atoms with Gasteiger partial charge in [0.05, 0.1) is 5.69 Å². The van der Waals surface area contributed by atoms with Crippen LogP contribution in [0.1, 0.15) is 34.6 Å². The number of hydrogen-bond donors (Lipinski definition) is 0. The summed E-state index contributed by atoms with van der Waals surface area (Å²) in [5.74, 6) is 1.65. The minimum absolute atomic E-state index is 0.0500. The summed E-state index contributed by atoms with van der Waals surface area (Å²) in [6.07, 6.45) is 1.82. The van der Waals surface area contributed by atoms with Crippen molar-refractivity contribution in [2.45, 2.75) is 32.8 Å². The third-order valence-electron chi connectivity index (χ3n) is 5.01. The molecule has 1 saturated heterocycles. The summed E-state index contributed by atoms with van der Waals surface area (Å²) in [6.45, 7) is 5.29. The summed E-state index contributed by atoms with van der Waals surface area (Å²) in [7, 11) is 0. The largest absolute Gasteiger partial charge is 0.490 e. The standard InChI is InChI=1S/C21H23N5O2/c1-15-4-3-5-20(14-15)28-19-10-12-25(13-11-19)21(27)17-6-8-18(9-7-17)26-16(2)22-23-24-26/h3-9,14,19H,10-13H2,1-2H3. The predicted molar refractivity (Wildman–Crippen MR) is 105 cm³/mol. The molecule has 1 aliphatic heterocycles. The Labute approximate surface area is 163 Å². The number of tetrazole rings is 1. The van der Waals surface area contributed by atoms with Crippen molar-refractivity contribution in [1.29, 1.82) is 0 Å². The predicted octanol–water partition coefficient (Wildman–Crippen LogP) is 2.96. The van der Waals surface area contributed by atoms with Crippen LogP contribution < -0.4 is 4.74 Å². The van der Waals surface area contributed by atoms with Crippen LogP contribution >= 0.6 is 0 Å². The van der Waals surface area contributed by atoms with E-state index in [1.165, 1.54) is 5.56 Å². The number of nitrogens with zero attached hydrogens (tertiary/aromatic N) is 5. The molecule has 4 rings (SSSR count). The van der Waals surface area contributed by atoms with Crippen LogP contribution in [0.25, 0.3) is 5.69 Å². The number of carbonyl (C=O) groups is 1. The number of ether oxygens (including phenoxy) is 1. The smallest absolute Gasteiger partial charge is 0.253 e. The molecule has 3 aromatic rings. The molecule has 0 unspecified atom stereocenters. The van der Waals surface area contributed by atoms with Crippen molar-refractivity contribution in [2.24, 2.45) is 0 Å². The molecule has 1 amide bonds. The number of hydrogen-bond acceptors (Lipinski definition) is 5. The lowest BCUT2D eigenvalue weighted by molar-refractivity contribution is 0.0595. The van der Waals surface area contributed by atoms with Gasteiger partial charge in [0.2, 0.25) is 0 Å². The molecule has 7 heteroatoms. The average molecular weight is 377 g/mol. The molecule has 0 spiro atoms. The minimum atomic E-state index is 0.0500. The molecule has 0 aliphatic carbocycles. The van der Waals surface area contributed by atoms with Crippen molar-refractivity contribution >= 4 is 5.91 Å². The molecule has 0 N–H and O–H groups in total. The second-order valence-electron chi connectivity index (χ2n) is 7.11. The monoisotopic (exact) mass is 377 g/mol. The maximum absolute atomic E-state index is 12.8. The molecule has 1 aliphatic rings. The van der Waals surface area contributed by atoms with Gasteiger partial charge < -0.3 is 9.64 Å². The fraction of sp³-hybridized carbons (Fsp3) is 0.333. The van der Waals surface area contributed by atoms with E-state index >= 15 is 0 Å². The van der Waals surface area contributed by atoms with Crippen molar-refractivity contribution in [3.8, 4) is 11.4 Å². The van der Waals surface area contributed by atoms with Gasteiger partial charge in [0.15, 0.2) is 5.82 Å². The highest BCUT2D eigenvalue weighted by Crippen LogP contribution is 2.21. The second-order valence-corrected chi connectivity index (χ2v) is 7.11. The zero-order valence-electron chi connectivity index (χ0n) is 16.1. The Hall–Kier alpha value is -3.22. The highest BCUT2D eigenvalue weighted by molar-refractivity contribution is 5.94. The van der Waals surface area contributed by atoms with Gasteiger partial charge in [-0.2, -0.15) is 4.68 Å². The van der Waals surface area contributed by atoms with Gasteiger partial charge in [0.1, 0.15) is 11.9 Å². The summed E-state index contributed by atoms with van der Waals surface area (Å²) in [6, 6.07) is 15.5. The third kappa shape index (κ3) is 3.88. The zero-order chi connectivity index (χ0) is 19.5. The highest BCUT2D eigenvalue weighted by Gasteiger charge is 2.24. The number of amides is 1. The first kappa shape index (κ1) is 18.2. The van der Waals surface area contributed by atoms with Crippen LogP contribution in [-0.4, -0.2) is 50.2 Å². The van der Waals surface area contributed by atoms with Crippen molar-refractivity contribution in [2.75, 3.05) is 13.1 Å². The lowest BCUT2D eigenvalue weighted by Crippen LogP contribution is -2.41. The maximum atomic E-state index is 12.8. The molecule has 0 saturated carbocycles. The Kier molecular flexibility index (Phi) is 5.06. The van der Waals surface area contributed by atoms with Crippen molar-refractivity contribution < 1.29 is 9.53 Å². The number of aromatic nitrogens is 4. The van der Waals surface area contributed by atoms with Gasteiger partial charge in [0.25, 0.3) is 5.91 Å². The van der Waals surface area contributed by atoms with Gasteiger partial charge in [-0.3, -0.25) is 4.79 Å². The van der Waals surface area contributed by atoms with Gasteiger partial charge in [-0.1, -0.05) is 12.1 Å². The molecule has 1 fully saturated rings. The molecule has 1 aromatic heterocycles. The molecule has 0 radical (unpaired) electrons. The number of piperidine rings is 1. The number of aryl methyl sites for hydroxylation is 2. The SMILES string of the molecule is Cc1cccc(OC2CCN(C(=O)c3ccc(-n4nnnc4C)cc3)CC2)c1. The van der Waals surface area contributed by atoms with Crippen LogP contribution in [0.5, 0.6) is 5.75 Å². The molecule has 0 atom stereocenters. The Morgan fingerprint density at radius 1 is 1.07 bits per heavy atom.